The SMILES string of the molecule is CCc1ccccc1OCc1ccncc1. The smallest absolute Gasteiger partial charge is 0.122 e. The van der Waals surface area contributed by atoms with Gasteiger partial charge in [-0.25, -0.2) is 0 Å². The molecule has 2 rings (SSSR count). The van der Waals surface area contributed by atoms with Gasteiger partial charge in [0.15, 0.2) is 0 Å². The monoisotopic (exact) mass is 213 g/mol. The van der Waals surface area contributed by atoms with Gasteiger partial charge in [-0.15, -0.1) is 0 Å². The molecule has 0 spiro atoms. The van der Waals surface area contributed by atoms with Crippen LogP contribution in [-0.2, 0) is 13.0 Å². The number of ether oxygens (including phenoxy) is 1. The highest BCUT2D eigenvalue weighted by atomic mass is 16.5. The molecule has 0 aliphatic rings. The number of para-hydroxylation sites is 1. The van der Waals surface area contributed by atoms with Gasteiger partial charge >= 0.3 is 0 Å². The van der Waals surface area contributed by atoms with Gasteiger partial charge in [0, 0.05) is 12.4 Å². The van der Waals surface area contributed by atoms with E-state index < -0.39 is 0 Å². The maximum absolute atomic E-state index is 5.79. The first-order chi connectivity index (χ1) is 7.90. The van der Waals surface area contributed by atoms with Gasteiger partial charge in [-0.05, 0) is 35.7 Å². The summed E-state index contributed by atoms with van der Waals surface area (Å²) in [5.41, 5.74) is 2.39. The molecule has 82 valence electrons. The molecule has 1 heterocycles. The minimum Gasteiger partial charge on any atom is -0.489 e. The molecule has 0 fully saturated rings. The highest BCUT2D eigenvalue weighted by molar-refractivity contribution is 5.33. The van der Waals surface area contributed by atoms with Crippen LogP contribution in [0.15, 0.2) is 48.8 Å². The summed E-state index contributed by atoms with van der Waals surface area (Å²) in [7, 11) is 0. The van der Waals surface area contributed by atoms with Crippen molar-refractivity contribution in [3.05, 3.63) is 59.9 Å². The summed E-state index contributed by atoms with van der Waals surface area (Å²) in [6, 6.07) is 12.1. The molecule has 0 bridgehead atoms. The van der Waals surface area contributed by atoms with Crippen LogP contribution in [0, 0.1) is 0 Å². The van der Waals surface area contributed by atoms with Crippen LogP contribution in [0.25, 0.3) is 0 Å². The van der Waals surface area contributed by atoms with Crippen molar-refractivity contribution in [2.75, 3.05) is 0 Å². The van der Waals surface area contributed by atoms with Gasteiger partial charge in [0.25, 0.3) is 0 Å². The minimum atomic E-state index is 0.597. The van der Waals surface area contributed by atoms with Crippen LogP contribution in [0.5, 0.6) is 5.75 Å². The number of hydrogen-bond donors (Lipinski definition) is 0. The number of nitrogens with zero attached hydrogens (tertiary/aromatic N) is 1. The molecule has 0 atom stereocenters. The number of rotatable bonds is 4. The fraction of sp³-hybridized carbons (Fsp3) is 0.214. The molecule has 2 heteroatoms. The van der Waals surface area contributed by atoms with E-state index in [1.165, 1.54) is 5.56 Å². The van der Waals surface area contributed by atoms with Crippen molar-refractivity contribution in [1.29, 1.82) is 0 Å². The first-order valence-corrected chi connectivity index (χ1v) is 5.49. The van der Waals surface area contributed by atoms with Crippen LogP contribution in [0.2, 0.25) is 0 Å². The molecule has 0 saturated heterocycles. The molecule has 2 nitrogen and oxygen atoms in total. The van der Waals surface area contributed by atoms with Crippen molar-refractivity contribution in [3.63, 3.8) is 0 Å². The van der Waals surface area contributed by atoms with Gasteiger partial charge in [-0.3, -0.25) is 4.98 Å². The molecular weight excluding hydrogens is 198 g/mol. The van der Waals surface area contributed by atoms with E-state index in [4.69, 9.17) is 4.74 Å². The Morgan fingerprint density at radius 2 is 1.81 bits per heavy atom. The lowest BCUT2D eigenvalue weighted by Crippen LogP contribution is -1.97. The van der Waals surface area contributed by atoms with Crippen LogP contribution in [0.1, 0.15) is 18.1 Å². The van der Waals surface area contributed by atoms with Gasteiger partial charge in [-0.2, -0.15) is 0 Å². The molecule has 2 aromatic rings. The Kier molecular flexibility index (Phi) is 3.54. The zero-order valence-electron chi connectivity index (χ0n) is 9.39. The topological polar surface area (TPSA) is 22.1 Å². The molecule has 0 aliphatic carbocycles. The van der Waals surface area contributed by atoms with Crippen molar-refractivity contribution in [2.45, 2.75) is 20.0 Å². The third-order valence-electron chi connectivity index (χ3n) is 2.50. The molecular formula is C14H15NO. The average molecular weight is 213 g/mol. The fourth-order valence-corrected chi connectivity index (χ4v) is 1.58. The summed E-state index contributed by atoms with van der Waals surface area (Å²) < 4.78 is 5.79. The predicted molar refractivity (Wildman–Crippen MR) is 64.4 cm³/mol. The number of aromatic nitrogens is 1. The summed E-state index contributed by atoms with van der Waals surface area (Å²) in [5.74, 6) is 0.974. The van der Waals surface area contributed by atoms with Crippen molar-refractivity contribution < 1.29 is 4.74 Å². The van der Waals surface area contributed by atoms with E-state index in [2.05, 4.69) is 18.0 Å². The zero-order chi connectivity index (χ0) is 11.2. The minimum absolute atomic E-state index is 0.597. The van der Waals surface area contributed by atoms with Gasteiger partial charge in [-0.1, -0.05) is 25.1 Å². The highest BCUT2D eigenvalue weighted by Gasteiger charge is 2.00. The van der Waals surface area contributed by atoms with Gasteiger partial charge < -0.3 is 4.74 Å². The summed E-state index contributed by atoms with van der Waals surface area (Å²) in [6.45, 7) is 2.73. The second-order valence-electron chi connectivity index (χ2n) is 3.61. The molecule has 0 N–H and O–H groups in total. The first-order valence-electron chi connectivity index (χ1n) is 5.49. The van der Waals surface area contributed by atoms with Gasteiger partial charge in [0.1, 0.15) is 12.4 Å². The third-order valence-corrected chi connectivity index (χ3v) is 2.50. The van der Waals surface area contributed by atoms with Gasteiger partial charge in [0.05, 0.1) is 0 Å². The van der Waals surface area contributed by atoms with Crippen LogP contribution >= 0.6 is 0 Å². The molecule has 0 radical (unpaired) electrons. The Labute approximate surface area is 95.9 Å². The van der Waals surface area contributed by atoms with Crippen LogP contribution in [-0.4, -0.2) is 4.98 Å². The van der Waals surface area contributed by atoms with E-state index in [-0.39, 0.29) is 0 Å². The van der Waals surface area contributed by atoms with E-state index in [9.17, 15) is 0 Å². The number of benzene rings is 1. The van der Waals surface area contributed by atoms with Crippen molar-refractivity contribution in [3.8, 4) is 5.75 Å². The zero-order valence-corrected chi connectivity index (χ0v) is 9.39. The molecule has 16 heavy (non-hydrogen) atoms. The molecule has 0 unspecified atom stereocenters. The van der Waals surface area contributed by atoms with Crippen molar-refractivity contribution in [1.82, 2.24) is 4.98 Å². The molecule has 1 aromatic carbocycles. The highest BCUT2D eigenvalue weighted by Crippen LogP contribution is 2.19. The Bertz CT molecular complexity index is 439. The van der Waals surface area contributed by atoms with E-state index >= 15 is 0 Å². The number of aryl methyl sites for hydroxylation is 1. The molecule has 1 aromatic heterocycles. The van der Waals surface area contributed by atoms with Crippen LogP contribution in [0.4, 0.5) is 0 Å². The Morgan fingerprint density at radius 3 is 2.56 bits per heavy atom. The van der Waals surface area contributed by atoms with Crippen LogP contribution < -0.4 is 4.74 Å². The Morgan fingerprint density at radius 1 is 1.06 bits per heavy atom. The normalized spacial score (nSPS) is 10.1. The van der Waals surface area contributed by atoms with E-state index in [1.54, 1.807) is 12.4 Å². The Hall–Kier alpha value is -1.83. The summed E-state index contributed by atoms with van der Waals surface area (Å²) in [5, 5.41) is 0. The largest absolute Gasteiger partial charge is 0.489 e. The second-order valence-corrected chi connectivity index (χ2v) is 3.61. The summed E-state index contributed by atoms with van der Waals surface area (Å²) >= 11 is 0. The maximum atomic E-state index is 5.79. The average Bonchev–Trinajstić information content (AvgIpc) is 2.38. The number of pyridine rings is 1. The van der Waals surface area contributed by atoms with Crippen molar-refractivity contribution >= 4 is 0 Å². The van der Waals surface area contributed by atoms with Gasteiger partial charge in [0.2, 0.25) is 0 Å². The molecule has 0 aliphatic heterocycles. The lowest BCUT2D eigenvalue weighted by atomic mass is 10.1. The van der Waals surface area contributed by atoms with E-state index in [0.717, 1.165) is 17.7 Å². The second kappa shape index (κ2) is 5.31. The van der Waals surface area contributed by atoms with Crippen LogP contribution in [0.3, 0.4) is 0 Å². The first kappa shape index (κ1) is 10.7. The fourth-order valence-electron chi connectivity index (χ4n) is 1.58. The summed E-state index contributed by atoms with van der Waals surface area (Å²) in [6.07, 6.45) is 4.56. The number of hydrogen-bond acceptors (Lipinski definition) is 2. The molecule has 0 amide bonds. The summed E-state index contributed by atoms with van der Waals surface area (Å²) in [4.78, 5) is 3.98. The molecule has 0 saturated carbocycles. The van der Waals surface area contributed by atoms with E-state index in [0.29, 0.717) is 6.61 Å². The van der Waals surface area contributed by atoms with E-state index in [1.807, 2.05) is 30.3 Å². The third kappa shape index (κ3) is 2.60. The Balaban J connectivity index is 2.05. The van der Waals surface area contributed by atoms with Crippen molar-refractivity contribution in [2.24, 2.45) is 0 Å². The predicted octanol–water partition coefficient (Wildman–Crippen LogP) is 3.22. The quantitative estimate of drug-likeness (QED) is 0.778. The lowest BCUT2D eigenvalue weighted by molar-refractivity contribution is 0.303. The maximum Gasteiger partial charge on any atom is 0.122 e. The standard InChI is InChI=1S/C14H15NO/c1-2-13-5-3-4-6-14(13)16-11-12-7-9-15-10-8-12/h3-10H,2,11H2,1H3. The lowest BCUT2D eigenvalue weighted by Gasteiger charge is -2.09.